The first-order valence-electron chi connectivity index (χ1n) is 6.07. The smallest absolute Gasteiger partial charge is 0.203 e. The Morgan fingerprint density at radius 3 is 1.91 bits per heavy atom. The molecule has 0 saturated carbocycles. The average molecular weight is 304 g/mol. The SMILES string of the molecule is [B]C([B])(O)C([B])([B])N1CC(Oc2c(F)c(F)cc(F)c2F)C1. The molecule has 8 radical (unpaired) electrons. The van der Waals surface area contributed by atoms with Crippen LogP contribution in [0.1, 0.15) is 0 Å². The largest absolute Gasteiger partial charge is 0.481 e. The predicted octanol–water partition coefficient (Wildman–Crippen LogP) is -0.720. The molecular weight excluding hydrogens is 297 g/mol. The number of nitrogens with zero attached hydrogens (tertiary/aromatic N) is 1. The molecule has 22 heavy (non-hydrogen) atoms. The second-order valence-electron chi connectivity index (χ2n) is 5.09. The highest BCUT2D eigenvalue weighted by Gasteiger charge is 2.45. The number of hydrogen-bond donors (Lipinski definition) is 1. The van der Waals surface area contributed by atoms with Crippen molar-refractivity contribution in [1.29, 1.82) is 0 Å². The molecule has 0 unspecified atom stereocenters. The molecule has 0 aliphatic carbocycles. The van der Waals surface area contributed by atoms with Gasteiger partial charge in [0.1, 0.15) is 6.10 Å². The van der Waals surface area contributed by atoms with Crippen molar-refractivity contribution in [1.82, 2.24) is 4.90 Å². The first kappa shape index (κ1) is 17.3. The Balaban J connectivity index is 2.08. The minimum absolute atomic E-state index is 0.0678. The maximum absolute atomic E-state index is 13.4. The maximum Gasteiger partial charge on any atom is 0.203 e. The number of rotatable bonds is 4. The highest BCUT2D eigenvalue weighted by Crippen LogP contribution is 2.31. The van der Waals surface area contributed by atoms with E-state index < -0.39 is 45.9 Å². The summed E-state index contributed by atoms with van der Waals surface area (Å²) < 4.78 is 57.8. The molecule has 108 valence electrons. The number of ether oxygens (including phenoxy) is 1. The normalized spacial score (nSPS) is 17.3. The fourth-order valence-electron chi connectivity index (χ4n) is 1.89. The third-order valence-corrected chi connectivity index (χ3v) is 3.37. The Labute approximate surface area is 129 Å². The Bertz CT molecular complexity index is 564. The zero-order chi connectivity index (χ0) is 16.9. The van der Waals surface area contributed by atoms with Gasteiger partial charge < -0.3 is 14.7 Å². The summed E-state index contributed by atoms with van der Waals surface area (Å²) in [4.78, 5) is 1.17. The van der Waals surface area contributed by atoms with Crippen molar-refractivity contribution in [3.63, 3.8) is 0 Å². The standard InChI is InChI=1S/C11H7B4F4NO2/c12-10(13,11(14,15)21)20-2-4(3-20)22-9-7(18)5(16)1-6(17)8(9)19/h1,4,21H,2-3H2. The van der Waals surface area contributed by atoms with Gasteiger partial charge in [0.05, 0.1) is 31.4 Å². The van der Waals surface area contributed by atoms with Crippen LogP contribution in [-0.2, 0) is 0 Å². The summed E-state index contributed by atoms with van der Waals surface area (Å²) in [6, 6.07) is 0.0678. The van der Waals surface area contributed by atoms with Crippen LogP contribution >= 0.6 is 0 Å². The summed E-state index contributed by atoms with van der Waals surface area (Å²) >= 11 is 0. The highest BCUT2D eigenvalue weighted by molar-refractivity contribution is 6.53. The van der Waals surface area contributed by atoms with E-state index >= 15 is 0 Å². The van der Waals surface area contributed by atoms with E-state index in [1.165, 1.54) is 4.90 Å². The molecule has 1 aromatic rings. The first-order chi connectivity index (χ1) is 9.95. The molecule has 1 heterocycles. The predicted molar refractivity (Wildman–Crippen MR) is 73.0 cm³/mol. The van der Waals surface area contributed by atoms with Gasteiger partial charge in [0.25, 0.3) is 0 Å². The van der Waals surface area contributed by atoms with E-state index in [-0.39, 0.29) is 19.2 Å². The zero-order valence-electron chi connectivity index (χ0n) is 11.2. The van der Waals surface area contributed by atoms with Crippen LogP contribution in [-0.4, -0.2) is 71.3 Å². The van der Waals surface area contributed by atoms with Gasteiger partial charge in [-0.25, -0.2) is 8.78 Å². The van der Waals surface area contributed by atoms with Crippen LogP contribution in [0, 0.1) is 23.3 Å². The van der Waals surface area contributed by atoms with E-state index in [0.29, 0.717) is 0 Å². The maximum atomic E-state index is 13.4. The van der Waals surface area contributed by atoms with Crippen LogP contribution < -0.4 is 4.74 Å². The Morgan fingerprint density at radius 2 is 1.50 bits per heavy atom. The van der Waals surface area contributed by atoms with Gasteiger partial charge >= 0.3 is 0 Å². The highest BCUT2D eigenvalue weighted by atomic mass is 19.2. The number of hydrogen-bond acceptors (Lipinski definition) is 3. The van der Waals surface area contributed by atoms with Crippen molar-refractivity contribution in [3.8, 4) is 5.75 Å². The molecule has 2 rings (SSSR count). The van der Waals surface area contributed by atoms with Crippen LogP contribution in [0.25, 0.3) is 0 Å². The fraction of sp³-hybridized carbons (Fsp3) is 0.455. The lowest BCUT2D eigenvalue weighted by molar-refractivity contribution is -0.0340. The number of aliphatic hydroxyl groups is 1. The fourth-order valence-corrected chi connectivity index (χ4v) is 1.89. The molecule has 1 N–H and O–H groups in total. The average Bonchev–Trinajstić information content (AvgIpc) is 2.32. The minimum Gasteiger partial charge on any atom is -0.481 e. The summed E-state index contributed by atoms with van der Waals surface area (Å²) in [5.41, 5.74) is 0. The molecule has 1 aliphatic heterocycles. The summed E-state index contributed by atoms with van der Waals surface area (Å²) in [6.45, 7) is -0.249. The monoisotopic (exact) mass is 305 g/mol. The van der Waals surface area contributed by atoms with Gasteiger partial charge in [0.15, 0.2) is 17.4 Å². The van der Waals surface area contributed by atoms with E-state index in [0.717, 1.165) is 0 Å². The minimum atomic E-state index is -2.45. The van der Waals surface area contributed by atoms with E-state index in [1.54, 1.807) is 0 Å². The van der Waals surface area contributed by atoms with Crippen molar-refractivity contribution in [2.24, 2.45) is 0 Å². The second-order valence-corrected chi connectivity index (χ2v) is 5.09. The number of benzene rings is 1. The molecular formula is C11H7B4F4NO2. The van der Waals surface area contributed by atoms with Crippen molar-refractivity contribution in [3.05, 3.63) is 29.3 Å². The van der Waals surface area contributed by atoms with Gasteiger partial charge in [-0.2, -0.15) is 8.78 Å². The molecule has 0 atom stereocenters. The first-order valence-corrected chi connectivity index (χ1v) is 6.07. The van der Waals surface area contributed by atoms with Crippen molar-refractivity contribution < 1.29 is 27.4 Å². The summed E-state index contributed by atoms with van der Waals surface area (Å²) in [5.74, 6) is -7.67. The van der Waals surface area contributed by atoms with Crippen molar-refractivity contribution in [2.45, 2.75) is 16.8 Å². The summed E-state index contributed by atoms with van der Waals surface area (Å²) in [5, 5.41) is 4.95. The molecule has 11 heteroatoms. The van der Waals surface area contributed by atoms with Crippen LogP contribution in [0.15, 0.2) is 6.07 Å². The molecule has 1 fully saturated rings. The molecule has 3 nitrogen and oxygen atoms in total. The van der Waals surface area contributed by atoms with Gasteiger partial charge in [-0.1, -0.05) is 0 Å². The Kier molecular flexibility index (Phi) is 4.34. The Morgan fingerprint density at radius 1 is 1.05 bits per heavy atom. The molecule has 0 bridgehead atoms. The van der Waals surface area contributed by atoms with Crippen LogP contribution in [0.3, 0.4) is 0 Å². The van der Waals surface area contributed by atoms with E-state index in [4.69, 9.17) is 36.1 Å². The van der Waals surface area contributed by atoms with E-state index in [2.05, 4.69) is 0 Å². The molecule has 1 aromatic carbocycles. The number of halogens is 4. The molecule has 0 aromatic heterocycles. The van der Waals surface area contributed by atoms with Crippen LogP contribution in [0.5, 0.6) is 5.75 Å². The molecule has 1 aliphatic rings. The van der Waals surface area contributed by atoms with E-state index in [1.807, 2.05) is 0 Å². The zero-order valence-corrected chi connectivity index (χ0v) is 11.2. The molecule has 0 amide bonds. The lowest BCUT2D eigenvalue weighted by Crippen LogP contribution is -2.73. The summed E-state index contributed by atoms with van der Waals surface area (Å²) in [7, 11) is 21.5. The van der Waals surface area contributed by atoms with Crippen molar-refractivity contribution in [2.75, 3.05) is 13.1 Å². The summed E-state index contributed by atoms with van der Waals surface area (Å²) in [6.07, 6.45) is -0.876. The molecule has 1 saturated heterocycles. The molecule has 0 spiro atoms. The van der Waals surface area contributed by atoms with Gasteiger partial charge in [0, 0.05) is 19.2 Å². The van der Waals surface area contributed by atoms with Crippen LogP contribution in [0.4, 0.5) is 17.6 Å². The van der Waals surface area contributed by atoms with Gasteiger partial charge in [-0.3, -0.25) is 0 Å². The van der Waals surface area contributed by atoms with Crippen LogP contribution in [0.2, 0.25) is 0 Å². The third kappa shape index (κ3) is 2.88. The lowest BCUT2D eigenvalue weighted by Gasteiger charge is -2.55. The van der Waals surface area contributed by atoms with E-state index in [9.17, 15) is 22.7 Å². The third-order valence-electron chi connectivity index (χ3n) is 3.37. The van der Waals surface area contributed by atoms with Gasteiger partial charge in [-0.05, 0) is 10.7 Å². The number of likely N-dealkylation sites (tertiary alicyclic amines) is 1. The van der Waals surface area contributed by atoms with Gasteiger partial charge in [0.2, 0.25) is 11.6 Å². The second kappa shape index (κ2) is 5.53. The van der Waals surface area contributed by atoms with Crippen molar-refractivity contribution >= 4 is 31.4 Å². The van der Waals surface area contributed by atoms with Gasteiger partial charge in [-0.15, -0.1) is 0 Å². The topological polar surface area (TPSA) is 32.7 Å². The Hall–Kier alpha value is -1.08. The quantitative estimate of drug-likeness (QED) is 0.453. The lowest BCUT2D eigenvalue weighted by atomic mass is 9.39.